The van der Waals surface area contributed by atoms with Gasteiger partial charge in [0.15, 0.2) is 0 Å². The van der Waals surface area contributed by atoms with Crippen LogP contribution in [0.3, 0.4) is 0 Å². The summed E-state index contributed by atoms with van der Waals surface area (Å²) in [4.78, 5) is 0. The third-order valence-electron chi connectivity index (χ3n) is 2.22. The molecule has 0 aromatic heterocycles. The molecule has 0 radical (unpaired) electrons. The van der Waals surface area contributed by atoms with E-state index in [-0.39, 0.29) is 12.3 Å². The highest BCUT2D eigenvalue weighted by atomic mass is 32.2. The number of terminal acetylenes is 1. The molecule has 17 heavy (non-hydrogen) atoms. The second-order valence-electron chi connectivity index (χ2n) is 3.53. The van der Waals surface area contributed by atoms with Gasteiger partial charge < -0.3 is 0 Å². The summed E-state index contributed by atoms with van der Waals surface area (Å²) in [6.07, 6.45) is 5.07. The van der Waals surface area contributed by atoms with Crippen molar-refractivity contribution in [3.05, 3.63) is 35.4 Å². The average Bonchev–Trinajstić information content (AvgIpc) is 2.30. The van der Waals surface area contributed by atoms with Crippen molar-refractivity contribution < 1.29 is 8.42 Å². The minimum absolute atomic E-state index is 0.0542. The van der Waals surface area contributed by atoms with Crippen LogP contribution in [0.1, 0.15) is 11.1 Å². The molecule has 1 aromatic carbocycles. The van der Waals surface area contributed by atoms with E-state index in [0.29, 0.717) is 11.1 Å². The number of nitrogens with zero attached hydrogens (tertiary/aromatic N) is 2. The number of hydrogen-bond donors (Lipinski definition) is 0. The molecule has 0 heterocycles. The van der Waals surface area contributed by atoms with Gasteiger partial charge in [-0.3, -0.25) is 0 Å². The molecule has 0 unspecified atom stereocenters. The fourth-order valence-corrected chi connectivity index (χ4v) is 2.33. The maximum absolute atomic E-state index is 11.8. The summed E-state index contributed by atoms with van der Waals surface area (Å²) in [5.41, 5.74) is 1.14. The molecule has 1 rings (SSSR count). The van der Waals surface area contributed by atoms with Gasteiger partial charge in [-0.15, -0.1) is 6.42 Å². The molecular formula is C12H12N2O2S. The predicted molar refractivity (Wildman–Crippen MR) is 65.2 cm³/mol. The Labute approximate surface area is 102 Å². The first-order chi connectivity index (χ1) is 7.99. The van der Waals surface area contributed by atoms with Crippen molar-refractivity contribution in [1.29, 1.82) is 5.26 Å². The van der Waals surface area contributed by atoms with E-state index < -0.39 is 10.0 Å². The Bertz CT molecular complexity index is 562. The monoisotopic (exact) mass is 248 g/mol. The van der Waals surface area contributed by atoms with E-state index in [4.69, 9.17) is 11.7 Å². The zero-order valence-electron chi connectivity index (χ0n) is 9.42. The van der Waals surface area contributed by atoms with Gasteiger partial charge >= 0.3 is 0 Å². The number of hydrogen-bond acceptors (Lipinski definition) is 3. The zero-order valence-corrected chi connectivity index (χ0v) is 10.2. The summed E-state index contributed by atoms with van der Waals surface area (Å²) in [6, 6.07) is 8.40. The maximum Gasteiger partial charge on any atom is 0.218 e. The SMILES string of the molecule is C#CCN(C)S(=O)(=O)Cc1ccc(C#N)cc1. The van der Waals surface area contributed by atoms with Crippen LogP contribution in [0.25, 0.3) is 0 Å². The molecule has 0 fully saturated rings. The van der Waals surface area contributed by atoms with Crippen molar-refractivity contribution in [3.63, 3.8) is 0 Å². The molecule has 0 atom stereocenters. The van der Waals surface area contributed by atoms with Crippen molar-refractivity contribution in [1.82, 2.24) is 4.31 Å². The predicted octanol–water partition coefficient (Wildman–Crippen LogP) is 0.953. The molecule has 0 spiro atoms. The smallest absolute Gasteiger partial charge is 0.212 e. The van der Waals surface area contributed by atoms with E-state index in [1.54, 1.807) is 24.3 Å². The third-order valence-corrected chi connectivity index (χ3v) is 4.00. The fraction of sp³-hybridized carbons (Fsp3) is 0.250. The minimum Gasteiger partial charge on any atom is -0.212 e. The second-order valence-corrected chi connectivity index (χ2v) is 5.60. The Morgan fingerprint density at radius 3 is 2.41 bits per heavy atom. The maximum atomic E-state index is 11.8. The van der Waals surface area contributed by atoms with E-state index in [1.807, 2.05) is 6.07 Å². The molecule has 0 amide bonds. The first-order valence-electron chi connectivity index (χ1n) is 4.86. The lowest BCUT2D eigenvalue weighted by Gasteiger charge is -2.14. The van der Waals surface area contributed by atoms with E-state index in [9.17, 15) is 8.42 Å². The molecule has 1 aromatic rings. The van der Waals surface area contributed by atoms with Crippen LogP contribution in [0.5, 0.6) is 0 Å². The van der Waals surface area contributed by atoms with Gasteiger partial charge in [-0.25, -0.2) is 8.42 Å². The minimum atomic E-state index is -3.39. The quantitative estimate of drug-likeness (QED) is 0.745. The molecular weight excluding hydrogens is 236 g/mol. The zero-order chi connectivity index (χ0) is 12.9. The summed E-state index contributed by atoms with van der Waals surface area (Å²) in [7, 11) is -1.94. The Morgan fingerprint density at radius 2 is 1.94 bits per heavy atom. The van der Waals surface area contributed by atoms with Crippen molar-refractivity contribution in [2.75, 3.05) is 13.6 Å². The molecule has 0 N–H and O–H groups in total. The Kier molecular flexibility index (Phi) is 4.28. The van der Waals surface area contributed by atoms with Crippen LogP contribution in [-0.2, 0) is 15.8 Å². The average molecular weight is 248 g/mol. The summed E-state index contributed by atoms with van der Waals surface area (Å²) < 4.78 is 24.7. The fourth-order valence-electron chi connectivity index (χ4n) is 1.22. The molecule has 5 heteroatoms. The van der Waals surface area contributed by atoms with Gasteiger partial charge in [0, 0.05) is 7.05 Å². The normalized spacial score (nSPS) is 10.8. The van der Waals surface area contributed by atoms with Crippen LogP contribution in [0.2, 0.25) is 0 Å². The summed E-state index contributed by atoms with van der Waals surface area (Å²) in [5, 5.41) is 8.62. The van der Waals surface area contributed by atoms with Gasteiger partial charge in [0.1, 0.15) is 0 Å². The number of benzene rings is 1. The van der Waals surface area contributed by atoms with Crippen LogP contribution >= 0.6 is 0 Å². The van der Waals surface area contributed by atoms with Gasteiger partial charge in [-0.2, -0.15) is 9.57 Å². The largest absolute Gasteiger partial charge is 0.218 e. The van der Waals surface area contributed by atoms with Gasteiger partial charge in [0.05, 0.1) is 23.9 Å². The van der Waals surface area contributed by atoms with Crippen LogP contribution in [0.4, 0.5) is 0 Å². The van der Waals surface area contributed by atoms with Gasteiger partial charge in [0.25, 0.3) is 0 Å². The molecule has 0 saturated carbocycles. The van der Waals surface area contributed by atoms with Crippen molar-refractivity contribution in [2.45, 2.75) is 5.75 Å². The van der Waals surface area contributed by atoms with Crippen LogP contribution < -0.4 is 0 Å². The second kappa shape index (κ2) is 5.49. The van der Waals surface area contributed by atoms with Crippen LogP contribution in [0.15, 0.2) is 24.3 Å². The number of rotatable bonds is 4. The molecule has 88 valence electrons. The number of sulfonamides is 1. The molecule has 0 aliphatic carbocycles. The third kappa shape index (κ3) is 3.60. The van der Waals surface area contributed by atoms with Gasteiger partial charge in [0.2, 0.25) is 10.0 Å². The molecule has 0 saturated heterocycles. The van der Waals surface area contributed by atoms with Crippen molar-refractivity contribution in [2.24, 2.45) is 0 Å². The first-order valence-corrected chi connectivity index (χ1v) is 6.47. The van der Waals surface area contributed by atoms with Crippen LogP contribution in [0, 0.1) is 23.7 Å². The van der Waals surface area contributed by atoms with Crippen LogP contribution in [-0.4, -0.2) is 26.3 Å². The summed E-state index contributed by atoms with van der Waals surface area (Å²) in [6.45, 7) is 0.0542. The van der Waals surface area contributed by atoms with Gasteiger partial charge in [-0.05, 0) is 17.7 Å². The highest BCUT2D eigenvalue weighted by Crippen LogP contribution is 2.10. The van der Waals surface area contributed by atoms with E-state index in [1.165, 1.54) is 7.05 Å². The highest BCUT2D eigenvalue weighted by molar-refractivity contribution is 7.88. The first kappa shape index (κ1) is 13.2. The Hall–Kier alpha value is -1.82. The van der Waals surface area contributed by atoms with E-state index in [0.717, 1.165) is 4.31 Å². The molecule has 0 aliphatic heterocycles. The summed E-state index contributed by atoms with van der Waals surface area (Å²) in [5.74, 6) is 2.17. The Balaban J connectivity index is 2.84. The van der Waals surface area contributed by atoms with E-state index in [2.05, 4.69) is 5.92 Å². The van der Waals surface area contributed by atoms with E-state index >= 15 is 0 Å². The lowest BCUT2D eigenvalue weighted by molar-refractivity contribution is 0.502. The number of nitriles is 1. The lowest BCUT2D eigenvalue weighted by atomic mass is 10.2. The van der Waals surface area contributed by atoms with Crippen molar-refractivity contribution in [3.8, 4) is 18.4 Å². The highest BCUT2D eigenvalue weighted by Gasteiger charge is 2.17. The molecule has 0 bridgehead atoms. The standard InChI is InChI=1S/C12H12N2O2S/c1-3-8-14(2)17(15,16)10-12-6-4-11(9-13)5-7-12/h1,4-7H,8,10H2,2H3. The molecule has 4 nitrogen and oxygen atoms in total. The van der Waals surface area contributed by atoms with Gasteiger partial charge in [-0.1, -0.05) is 18.1 Å². The molecule has 0 aliphatic rings. The van der Waals surface area contributed by atoms with Crippen molar-refractivity contribution >= 4 is 10.0 Å². The Morgan fingerprint density at radius 1 is 1.35 bits per heavy atom. The topological polar surface area (TPSA) is 61.2 Å². The lowest BCUT2D eigenvalue weighted by Crippen LogP contribution is -2.28. The summed E-state index contributed by atoms with van der Waals surface area (Å²) >= 11 is 0.